The number of esters is 1. The molecule has 166 valence electrons. The summed E-state index contributed by atoms with van der Waals surface area (Å²) in [4.78, 5) is 43.6. The number of carbonyl (C=O) groups excluding carboxylic acids is 2. The van der Waals surface area contributed by atoms with Crippen LogP contribution in [-0.2, 0) is 11.2 Å². The molecule has 3 aromatic rings. The zero-order chi connectivity index (χ0) is 23.1. The SMILES string of the molecule is COc1ccc(Cc2nc(C(=O)Nc3ccc(C(=O)OCC(C)C)cc3)cc(=O)[nH]2)cc1. The molecule has 0 aliphatic rings. The van der Waals surface area contributed by atoms with Gasteiger partial charge in [-0.25, -0.2) is 9.78 Å². The number of benzene rings is 2. The van der Waals surface area contributed by atoms with Gasteiger partial charge in [0, 0.05) is 18.2 Å². The maximum Gasteiger partial charge on any atom is 0.338 e. The zero-order valence-electron chi connectivity index (χ0n) is 18.2. The lowest BCUT2D eigenvalue weighted by Crippen LogP contribution is -2.20. The van der Waals surface area contributed by atoms with Crippen molar-refractivity contribution in [1.82, 2.24) is 9.97 Å². The first-order valence-corrected chi connectivity index (χ1v) is 10.2. The number of aromatic amines is 1. The topological polar surface area (TPSA) is 110 Å². The molecule has 2 N–H and O–H groups in total. The van der Waals surface area contributed by atoms with Crippen molar-refractivity contribution in [1.29, 1.82) is 0 Å². The number of methoxy groups -OCH3 is 1. The molecule has 32 heavy (non-hydrogen) atoms. The average molecular weight is 435 g/mol. The average Bonchev–Trinajstić information content (AvgIpc) is 2.78. The van der Waals surface area contributed by atoms with Crippen LogP contribution in [0.1, 0.15) is 46.1 Å². The molecular weight excluding hydrogens is 410 g/mol. The summed E-state index contributed by atoms with van der Waals surface area (Å²) in [6, 6.07) is 14.8. The lowest BCUT2D eigenvalue weighted by atomic mass is 10.1. The molecule has 0 radical (unpaired) electrons. The summed E-state index contributed by atoms with van der Waals surface area (Å²) in [6.07, 6.45) is 0.355. The molecule has 0 saturated heterocycles. The highest BCUT2D eigenvalue weighted by Crippen LogP contribution is 2.14. The van der Waals surface area contributed by atoms with Crippen LogP contribution in [0.15, 0.2) is 59.4 Å². The summed E-state index contributed by atoms with van der Waals surface area (Å²) in [5.74, 6) is 0.394. The smallest absolute Gasteiger partial charge is 0.338 e. The van der Waals surface area contributed by atoms with Gasteiger partial charge in [0.25, 0.3) is 11.5 Å². The summed E-state index contributed by atoms with van der Waals surface area (Å²) in [7, 11) is 1.59. The maximum atomic E-state index is 12.6. The molecule has 0 aliphatic heterocycles. The van der Waals surface area contributed by atoms with Crippen LogP contribution in [0.5, 0.6) is 5.75 Å². The Kier molecular flexibility index (Phi) is 7.38. The Morgan fingerprint density at radius 1 is 1.06 bits per heavy atom. The summed E-state index contributed by atoms with van der Waals surface area (Å²) < 4.78 is 10.3. The number of hydrogen-bond donors (Lipinski definition) is 2. The molecular formula is C24H25N3O5. The molecule has 2 aromatic carbocycles. The van der Waals surface area contributed by atoms with E-state index in [1.807, 2.05) is 38.1 Å². The monoisotopic (exact) mass is 435 g/mol. The second-order valence-electron chi connectivity index (χ2n) is 7.63. The van der Waals surface area contributed by atoms with Gasteiger partial charge in [-0.05, 0) is 47.9 Å². The molecule has 8 heteroatoms. The van der Waals surface area contributed by atoms with Crippen molar-refractivity contribution in [3.05, 3.63) is 87.6 Å². The molecule has 3 rings (SSSR count). The Hall–Kier alpha value is -3.94. The highest BCUT2D eigenvalue weighted by atomic mass is 16.5. The van der Waals surface area contributed by atoms with Crippen molar-refractivity contribution < 1.29 is 19.1 Å². The first kappa shape index (κ1) is 22.7. The Labute approximate surface area is 185 Å². The minimum atomic E-state index is -0.526. The number of H-pyrrole nitrogens is 1. The lowest BCUT2D eigenvalue weighted by Gasteiger charge is -2.09. The van der Waals surface area contributed by atoms with Crippen LogP contribution in [0, 0.1) is 5.92 Å². The second kappa shape index (κ2) is 10.4. The van der Waals surface area contributed by atoms with E-state index in [9.17, 15) is 14.4 Å². The van der Waals surface area contributed by atoms with Crippen molar-refractivity contribution in [3.63, 3.8) is 0 Å². The Morgan fingerprint density at radius 2 is 1.75 bits per heavy atom. The van der Waals surface area contributed by atoms with Crippen LogP contribution < -0.4 is 15.6 Å². The highest BCUT2D eigenvalue weighted by molar-refractivity contribution is 6.03. The van der Waals surface area contributed by atoms with Gasteiger partial charge >= 0.3 is 5.97 Å². The normalized spacial score (nSPS) is 10.6. The van der Waals surface area contributed by atoms with Gasteiger partial charge in [-0.15, -0.1) is 0 Å². The number of carbonyl (C=O) groups is 2. The maximum absolute atomic E-state index is 12.6. The van der Waals surface area contributed by atoms with Gasteiger partial charge in [0.15, 0.2) is 0 Å². The van der Waals surface area contributed by atoms with Crippen molar-refractivity contribution in [2.75, 3.05) is 19.0 Å². The molecule has 1 heterocycles. The zero-order valence-corrected chi connectivity index (χ0v) is 18.2. The first-order valence-electron chi connectivity index (χ1n) is 10.2. The van der Waals surface area contributed by atoms with E-state index in [4.69, 9.17) is 9.47 Å². The summed E-state index contributed by atoms with van der Waals surface area (Å²) >= 11 is 0. The third kappa shape index (κ3) is 6.28. The molecule has 0 fully saturated rings. The summed E-state index contributed by atoms with van der Waals surface area (Å²) in [5.41, 5.74) is 1.34. The summed E-state index contributed by atoms with van der Waals surface area (Å²) in [5, 5.41) is 2.69. The van der Waals surface area contributed by atoms with Crippen molar-refractivity contribution >= 4 is 17.6 Å². The quantitative estimate of drug-likeness (QED) is 0.525. The van der Waals surface area contributed by atoms with E-state index < -0.39 is 17.4 Å². The molecule has 8 nitrogen and oxygen atoms in total. The predicted molar refractivity (Wildman–Crippen MR) is 120 cm³/mol. The Morgan fingerprint density at radius 3 is 2.38 bits per heavy atom. The molecule has 1 aromatic heterocycles. The van der Waals surface area contributed by atoms with E-state index >= 15 is 0 Å². The number of ether oxygens (including phenoxy) is 2. The fourth-order valence-corrected chi connectivity index (χ4v) is 2.86. The number of nitrogens with zero attached hydrogens (tertiary/aromatic N) is 1. The highest BCUT2D eigenvalue weighted by Gasteiger charge is 2.13. The lowest BCUT2D eigenvalue weighted by molar-refractivity contribution is 0.0459. The van der Waals surface area contributed by atoms with Gasteiger partial charge in [0.05, 0.1) is 19.3 Å². The van der Waals surface area contributed by atoms with Crippen LogP contribution in [0.4, 0.5) is 5.69 Å². The van der Waals surface area contributed by atoms with Gasteiger partial charge in [-0.1, -0.05) is 26.0 Å². The van der Waals surface area contributed by atoms with E-state index in [0.29, 0.717) is 30.1 Å². The Balaban J connectivity index is 1.68. The third-order valence-corrected chi connectivity index (χ3v) is 4.48. The van der Waals surface area contributed by atoms with Crippen LogP contribution in [0.3, 0.4) is 0 Å². The minimum Gasteiger partial charge on any atom is -0.497 e. The number of amides is 1. The van der Waals surface area contributed by atoms with Gasteiger partial charge in [0.2, 0.25) is 0 Å². The largest absolute Gasteiger partial charge is 0.497 e. The van der Waals surface area contributed by atoms with E-state index in [1.165, 1.54) is 0 Å². The van der Waals surface area contributed by atoms with Gasteiger partial charge < -0.3 is 19.8 Å². The minimum absolute atomic E-state index is 0.00215. The fourth-order valence-electron chi connectivity index (χ4n) is 2.86. The van der Waals surface area contributed by atoms with Crippen LogP contribution >= 0.6 is 0 Å². The van der Waals surface area contributed by atoms with E-state index in [1.54, 1.807) is 31.4 Å². The first-order chi connectivity index (χ1) is 15.3. The molecule has 0 unspecified atom stereocenters. The van der Waals surface area contributed by atoms with E-state index in [0.717, 1.165) is 17.4 Å². The number of nitrogens with one attached hydrogen (secondary N) is 2. The van der Waals surface area contributed by atoms with Crippen LogP contribution in [-0.4, -0.2) is 35.6 Å². The summed E-state index contributed by atoms with van der Waals surface area (Å²) in [6.45, 7) is 4.25. The molecule has 0 saturated carbocycles. The third-order valence-electron chi connectivity index (χ3n) is 4.48. The van der Waals surface area contributed by atoms with Crippen molar-refractivity contribution in [2.45, 2.75) is 20.3 Å². The Bertz CT molecular complexity index is 1140. The fraction of sp³-hybridized carbons (Fsp3) is 0.250. The number of rotatable bonds is 8. The predicted octanol–water partition coefficient (Wildman–Crippen LogP) is 3.43. The molecule has 1 amide bonds. The van der Waals surface area contributed by atoms with Gasteiger partial charge in [-0.2, -0.15) is 0 Å². The standard InChI is InChI=1S/C24H25N3O5/c1-15(2)14-32-24(30)17-6-8-18(9-7-17)25-23(29)20-13-22(28)27-21(26-20)12-16-4-10-19(31-3)11-5-16/h4-11,13,15H,12,14H2,1-3H3,(H,25,29)(H,26,27,28). The molecule has 0 bridgehead atoms. The molecule has 0 spiro atoms. The van der Waals surface area contributed by atoms with Crippen LogP contribution in [0.2, 0.25) is 0 Å². The van der Waals surface area contributed by atoms with Crippen molar-refractivity contribution in [3.8, 4) is 5.75 Å². The molecule has 0 aliphatic carbocycles. The van der Waals surface area contributed by atoms with Crippen molar-refractivity contribution in [2.24, 2.45) is 5.92 Å². The van der Waals surface area contributed by atoms with Crippen LogP contribution in [0.25, 0.3) is 0 Å². The van der Waals surface area contributed by atoms with Gasteiger partial charge in [0.1, 0.15) is 17.3 Å². The molecule has 0 atom stereocenters. The number of hydrogen-bond acceptors (Lipinski definition) is 6. The number of aromatic nitrogens is 2. The van der Waals surface area contributed by atoms with E-state index in [2.05, 4.69) is 15.3 Å². The van der Waals surface area contributed by atoms with Gasteiger partial charge in [-0.3, -0.25) is 9.59 Å². The number of anilines is 1. The second-order valence-corrected chi connectivity index (χ2v) is 7.63. The van der Waals surface area contributed by atoms with E-state index in [-0.39, 0.29) is 11.6 Å².